The first-order chi connectivity index (χ1) is 20.1. The van der Waals surface area contributed by atoms with Gasteiger partial charge in [0, 0.05) is 26.2 Å². The van der Waals surface area contributed by atoms with Crippen molar-refractivity contribution in [1.82, 2.24) is 4.98 Å². The number of carboxylic acids is 1. The monoisotopic (exact) mass is 579 g/mol. The molecule has 1 N–H and O–H groups in total. The minimum Gasteiger partial charge on any atom is -0.493 e. The van der Waals surface area contributed by atoms with E-state index in [0.717, 1.165) is 11.4 Å². The largest absolute Gasteiger partial charge is 0.493 e. The van der Waals surface area contributed by atoms with Crippen LogP contribution in [0.2, 0.25) is 0 Å². The Balaban J connectivity index is 0.00000165. The van der Waals surface area contributed by atoms with Crippen molar-refractivity contribution < 1.29 is 33.3 Å². The molecule has 228 valence electrons. The van der Waals surface area contributed by atoms with Crippen LogP contribution < -0.4 is 14.2 Å². The van der Waals surface area contributed by atoms with Crippen LogP contribution in [-0.2, 0) is 16.0 Å². The van der Waals surface area contributed by atoms with Crippen LogP contribution >= 0.6 is 0 Å². The lowest BCUT2D eigenvalue weighted by Crippen LogP contribution is -2.40. The van der Waals surface area contributed by atoms with Gasteiger partial charge in [-0.2, -0.15) is 0 Å². The van der Waals surface area contributed by atoms with Gasteiger partial charge in [0.1, 0.15) is 28.8 Å². The molecule has 8 nitrogen and oxygen atoms in total. The molecule has 3 rings (SSSR count). The molecule has 2 aromatic carbocycles. The van der Waals surface area contributed by atoms with E-state index in [1.54, 1.807) is 58.4 Å². The van der Waals surface area contributed by atoms with E-state index in [9.17, 15) is 9.90 Å². The van der Waals surface area contributed by atoms with Gasteiger partial charge in [-0.3, -0.25) is 0 Å². The second kappa shape index (κ2) is 18.9. The van der Waals surface area contributed by atoms with Crippen molar-refractivity contribution in [3.05, 3.63) is 103 Å². The van der Waals surface area contributed by atoms with Gasteiger partial charge in [-0.1, -0.05) is 45.5 Å². The minimum absolute atomic E-state index is 0.347. The minimum atomic E-state index is -1.27. The third-order valence-electron chi connectivity index (χ3n) is 5.78. The van der Waals surface area contributed by atoms with Crippen LogP contribution in [-0.4, -0.2) is 42.5 Å². The molecular formula is C34H45NO7. The Morgan fingerprint density at radius 2 is 1.62 bits per heavy atom. The number of oxazole rings is 1. The standard InChI is InChI=1S/C30H33NO6.C2H6O.C2H6/c1-6-23(36-25-11-9-8-10-12-25)14-13-21(3)28-31-27(22(4)35-28)19-20-34-24-15-17-26(18-16-24)37-30(5,7-2)29(32)33;1-3-2;1-2/h6,8-18H,3,7,19-20H2,1-2,4-5H3,(H,32,33);1-2H3;1-2H3/b14-13-,23-6+;;. The van der Waals surface area contributed by atoms with Crippen LogP contribution in [0.4, 0.5) is 0 Å². The van der Waals surface area contributed by atoms with Crippen LogP contribution in [0, 0.1) is 6.92 Å². The Morgan fingerprint density at radius 3 is 2.17 bits per heavy atom. The van der Waals surface area contributed by atoms with Crippen LogP contribution in [0.15, 0.2) is 89.6 Å². The molecule has 0 spiro atoms. The summed E-state index contributed by atoms with van der Waals surface area (Å²) in [6.45, 7) is 15.5. The number of aryl methyl sites for hydroxylation is 1. The highest BCUT2D eigenvalue weighted by atomic mass is 16.5. The van der Waals surface area contributed by atoms with Crippen LogP contribution in [0.5, 0.6) is 17.2 Å². The quantitative estimate of drug-likeness (QED) is 0.160. The molecule has 0 saturated heterocycles. The van der Waals surface area contributed by atoms with E-state index < -0.39 is 11.6 Å². The fourth-order valence-electron chi connectivity index (χ4n) is 3.26. The van der Waals surface area contributed by atoms with E-state index in [0.29, 0.717) is 53.9 Å². The van der Waals surface area contributed by atoms with Gasteiger partial charge in [-0.15, -0.1) is 0 Å². The van der Waals surface area contributed by atoms with Gasteiger partial charge in [0.15, 0.2) is 0 Å². The number of hydrogen-bond acceptors (Lipinski definition) is 7. The second-order valence-corrected chi connectivity index (χ2v) is 8.96. The van der Waals surface area contributed by atoms with Gasteiger partial charge >= 0.3 is 5.97 Å². The number of rotatable bonds is 13. The van der Waals surface area contributed by atoms with Gasteiger partial charge in [0.2, 0.25) is 11.5 Å². The van der Waals surface area contributed by atoms with Crippen molar-refractivity contribution in [2.24, 2.45) is 0 Å². The van der Waals surface area contributed by atoms with Crippen molar-refractivity contribution in [1.29, 1.82) is 0 Å². The summed E-state index contributed by atoms with van der Waals surface area (Å²) >= 11 is 0. The molecule has 8 heteroatoms. The van der Waals surface area contributed by atoms with Gasteiger partial charge in [0.05, 0.1) is 12.3 Å². The number of hydrogen-bond donors (Lipinski definition) is 1. The van der Waals surface area contributed by atoms with Crippen LogP contribution in [0.25, 0.3) is 5.57 Å². The Morgan fingerprint density at radius 1 is 1.02 bits per heavy atom. The summed E-state index contributed by atoms with van der Waals surface area (Å²) in [4.78, 5) is 16.0. The number of allylic oxidation sites excluding steroid dienone is 4. The van der Waals surface area contributed by atoms with Gasteiger partial charge in [-0.05, 0) is 81.8 Å². The number of ether oxygens (including phenoxy) is 4. The molecule has 1 atom stereocenters. The van der Waals surface area contributed by atoms with E-state index in [2.05, 4.69) is 16.3 Å². The SMILES string of the molecule is C=C(/C=C\C(=C/C)Oc1ccccc1)c1nc(CCOc2ccc(OC(C)(CC)C(=O)O)cc2)c(C)o1.CC.COC. The summed E-state index contributed by atoms with van der Waals surface area (Å²) < 4.78 is 27.4. The number of nitrogens with zero attached hydrogens (tertiary/aromatic N) is 1. The highest BCUT2D eigenvalue weighted by Crippen LogP contribution is 2.25. The molecule has 42 heavy (non-hydrogen) atoms. The summed E-state index contributed by atoms with van der Waals surface area (Å²) in [5.41, 5.74) is 0.145. The molecule has 1 aromatic heterocycles. The molecule has 0 amide bonds. The number of aromatic nitrogens is 1. The third-order valence-corrected chi connectivity index (χ3v) is 5.78. The molecule has 0 fully saturated rings. The highest BCUT2D eigenvalue weighted by molar-refractivity contribution is 5.77. The molecule has 0 aliphatic carbocycles. The Labute approximate surface area is 250 Å². The normalized spacial score (nSPS) is 12.2. The highest BCUT2D eigenvalue weighted by Gasteiger charge is 2.33. The molecule has 1 heterocycles. The topological polar surface area (TPSA) is 100 Å². The first kappa shape index (κ1) is 35.7. The van der Waals surface area contributed by atoms with Gasteiger partial charge in [-0.25, -0.2) is 9.78 Å². The van der Waals surface area contributed by atoms with E-state index in [1.807, 2.05) is 70.2 Å². The van der Waals surface area contributed by atoms with Crippen molar-refractivity contribution in [2.45, 2.75) is 60.0 Å². The first-order valence-electron chi connectivity index (χ1n) is 13.9. The zero-order chi connectivity index (χ0) is 31.5. The van der Waals surface area contributed by atoms with Crippen LogP contribution in [0.3, 0.4) is 0 Å². The predicted octanol–water partition coefficient (Wildman–Crippen LogP) is 8.08. The molecule has 0 aliphatic heterocycles. The number of benzene rings is 2. The first-order valence-corrected chi connectivity index (χ1v) is 13.9. The number of carboxylic acid groups (broad SMARTS) is 1. The Kier molecular flexibility index (Phi) is 16.1. The number of carbonyl (C=O) groups is 1. The summed E-state index contributed by atoms with van der Waals surface area (Å²) in [5, 5.41) is 9.37. The summed E-state index contributed by atoms with van der Waals surface area (Å²) in [6, 6.07) is 16.4. The Bertz CT molecular complexity index is 1280. The molecule has 0 aliphatic rings. The van der Waals surface area contributed by atoms with E-state index in [4.69, 9.17) is 18.6 Å². The summed E-state index contributed by atoms with van der Waals surface area (Å²) in [7, 11) is 3.25. The third kappa shape index (κ3) is 11.7. The average molecular weight is 580 g/mol. The number of aliphatic carboxylic acids is 1. The lowest BCUT2D eigenvalue weighted by atomic mass is 10.0. The second-order valence-electron chi connectivity index (χ2n) is 8.96. The average Bonchev–Trinajstić information content (AvgIpc) is 3.38. The van der Waals surface area contributed by atoms with Crippen molar-refractivity contribution in [2.75, 3.05) is 20.8 Å². The lowest BCUT2D eigenvalue weighted by Gasteiger charge is -2.24. The molecule has 0 saturated carbocycles. The maximum atomic E-state index is 11.4. The van der Waals surface area contributed by atoms with Crippen molar-refractivity contribution >= 4 is 11.5 Å². The Hall–Kier alpha value is -4.30. The number of para-hydroxylation sites is 1. The lowest BCUT2D eigenvalue weighted by molar-refractivity contribution is -0.154. The molecule has 3 aromatic rings. The predicted molar refractivity (Wildman–Crippen MR) is 167 cm³/mol. The van der Waals surface area contributed by atoms with Crippen molar-refractivity contribution in [3.63, 3.8) is 0 Å². The molecule has 1 unspecified atom stereocenters. The maximum Gasteiger partial charge on any atom is 0.347 e. The number of methoxy groups -OCH3 is 1. The molecule has 0 radical (unpaired) electrons. The molecule has 0 bridgehead atoms. The zero-order valence-electron chi connectivity index (χ0n) is 26.1. The zero-order valence-corrected chi connectivity index (χ0v) is 26.1. The van der Waals surface area contributed by atoms with E-state index in [-0.39, 0.29) is 0 Å². The smallest absolute Gasteiger partial charge is 0.347 e. The fourth-order valence-corrected chi connectivity index (χ4v) is 3.26. The van der Waals surface area contributed by atoms with Crippen LogP contribution in [0.1, 0.15) is 58.4 Å². The summed E-state index contributed by atoms with van der Waals surface area (Å²) in [6.07, 6.45) is 6.40. The fraction of sp³-hybridized carbons (Fsp3) is 0.353. The van der Waals surface area contributed by atoms with Gasteiger partial charge in [0.25, 0.3) is 0 Å². The van der Waals surface area contributed by atoms with E-state index in [1.165, 1.54) is 0 Å². The van der Waals surface area contributed by atoms with E-state index >= 15 is 0 Å². The molecular weight excluding hydrogens is 534 g/mol. The maximum absolute atomic E-state index is 11.4. The van der Waals surface area contributed by atoms with Crippen molar-refractivity contribution in [3.8, 4) is 17.2 Å². The van der Waals surface area contributed by atoms with Gasteiger partial charge < -0.3 is 28.5 Å². The summed E-state index contributed by atoms with van der Waals surface area (Å²) in [5.74, 6) is 2.70.